The Morgan fingerprint density at radius 1 is 0.970 bits per heavy atom. The number of nitrogens with two attached hydrogens (primary N) is 1. The van der Waals surface area contributed by atoms with Crippen LogP contribution in [0.4, 0.5) is 11.4 Å². The number of ether oxygens (including phenoxy) is 2. The minimum Gasteiger partial charge on any atom is -0.497 e. The number of carbonyl (C=O) groups is 2. The van der Waals surface area contributed by atoms with Crippen LogP contribution in [0.25, 0.3) is 0 Å². The number of methoxy groups -OCH3 is 2. The van der Waals surface area contributed by atoms with Crippen molar-refractivity contribution in [3.05, 3.63) is 77.9 Å². The third kappa shape index (κ3) is 4.26. The Morgan fingerprint density at radius 3 is 2.18 bits per heavy atom. The van der Waals surface area contributed by atoms with Crippen molar-refractivity contribution in [1.29, 1.82) is 0 Å². The highest BCUT2D eigenvalue weighted by molar-refractivity contribution is 7.89. The molecule has 3 aromatic carbocycles. The van der Waals surface area contributed by atoms with E-state index in [9.17, 15) is 18.0 Å². The fraction of sp³-hybridized carbons (Fsp3) is 0.130. The van der Waals surface area contributed by atoms with Gasteiger partial charge in [0.25, 0.3) is 11.8 Å². The average Bonchev–Trinajstić information content (AvgIpc) is 2.81. The molecule has 1 heterocycles. The third-order valence-corrected chi connectivity index (χ3v) is 6.16. The molecule has 170 valence electrons. The van der Waals surface area contributed by atoms with Crippen molar-refractivity contribution in [2.45, 2.75) is 10.9 Å². The Kier molecular flexibility index (Phi) is 5.79. The molecular weight excluding hydrogens is 446 g/mol. The van der Waals surface area contributed by atoms with Gasteiger partial charge in [0.15, 0.2) is 0 Å². The van der Waals surface area contributed by atoms with E-state index in [0.717, 1.165) is 0 Å². The number of primary sulfonamides is 1. The Morgan fingerprint density at radius 2 is 1.61 bits per heavy atom. The van der Waals surface area contributed by atoms with Gasteiger partial charge in [-0.3, -0.25) is 14.5 Å². The first-order valence-electron chi connectivity index (χ1n) is 9.82. The molecule has 33 heavy (non-hydrogen) atoms. The molecule has 3 N–H and O–H groups in total. The van der Waals surface area contributed by atoms with Crippen molar-refractivity contribution in [3.8, 4) is 11.5 Å². The summed E-state index contributed by atoms with van der Waals surface area (Å²) >= 11 is 0. The molecule has 1 unspecified atom stereocenters. The van der Waals surface area contributed by atoms with Crippen LogP contribution < -0.4 is 24.8 Å². The van der Waals surface area contributed by atoms with Crippen LogP contribution in [0.3, 0.4) is 0 Å². The number of sulfonamides is 1. The van der Waals surface area contributed by atoms with Crippen LogP contribution in [0.2, 0.25) is 0 Å². The van der Waals surface area contributed by atoms with Gasteiger partial charge in [0.1, 0.15) is 17.5 Å². The van der Waals surface area contributed by atoms with E-state index in [1.165, 1.54) is 49.5 Å². The first-order valence-corrected chi connectivity index (χ1v) is 11.4. The van der Waals surface area contributed by atoms with Crippen LogP contribution in [0, 0.1) is 0 Å². The van der Waals surface area contributed by atoms with Gasteiger partial charge in [-0.25, -0.2) is 13.6 Å². The fourth-order valence-electron chi connectivity index (χ4n) is 3.69. The second-order valence-electron chi connectivity index (χ2n) is 7.30. The number of anilines is 2. The molecule has 10 heteroatoms. The van der Waals surface area contributed by atoms with E-state index in [0.29, 0.717) is 22.7 Å². The number of hydrogen-bond acceptors (Lipinski definition) is 6. The van der Waals surface area contributed by atoms with Gasteiger partial charge in [0.2, 0.25) is 10.0 Å². The van der Waals surface area contributed by atoms with Crippen molar-refractivity contribution in [1.82, 2.24) is 0 Å². The van der Waals surface area contributed by atoms with Crippen molar-refractivity contribution >= 4 is 33.2 Å². The second kappa shape index (κ2) is 8.57. The second-order valence-corrected chi connectivity index (χ2v) is 8.86. The molecular formula is C23H21N3O6S. The Labute approximate surface area is 190 Å². The molecule has 0 fully saturated rings. The quantitative estimate of drug-likeness (QED) is 0.594. The number of rotatable bonds is 5. The summed E-state index contributed by atoms with van der Waals surface area (Å²) in [4.78, 5) is 28.1. The van der Waals surface area contributed by atoms with Gasteiger partial charge < -0.3 is 14.8 Å². The van der Waals surface area contributed by atoms with Gasteiger partial charge in [-0.1, -0.05) is 30.3 Å². The maximum atomic E-state index is 13.8. The summed E-state index contributed by atoms with van der Waals surface area (Å²) in [5.41, 5.74) is 1.28. The summed E-state index contributed by atoms with van der Waals surface area (Å²) < 4.78 is 34.2. The number of carbonyl (C=O) groups excluding carboxylic acids is 2. The molecule has 3 aromatic rings. The van der Waals surface area contributed by atoms with Crippen molar-refractivity contribution in [3.63, 3.8) is 0 Å². The summed E-state index contributed by atoms with van der Waals surface area (Å²) in [5.74, 6) is -0.190. The first-order chi connectivity index (χ1) is 15.7. The summed E-state index contributed by atoms with van der Waals surface area (Å²) in [6, 6.07) is 16.5. The van der Waals surface area contributed by atoms with Gasteiger partial charge >= 0.3 is 0 Å². The third-order valence-electron chi connectivity index (χ3n) is 5.25. The number of benzene rings is 3. The molecule has 1 atom stereocenters. The lowest BCUT2D eigenvalue weighted by Gasteiger charge is -2.37. The van der Waals surface area contributed by atoms with Crippen LogP contribution in [0.5, 0.6) is 11.5 Å². The van der Waals surface area contributed by atoms with E-state index >= 15 is 0 Å². The highest BCUT2D eigenvalue weighted by Crippen LogP contribution is 2.41. The van der Waals surface area contributed by atoms with E-state index in [-0.39, 0.29) is 16.1 Å². The van der Waals surface area contributed by atoms with Crippen LogP contribution in [0.15, 0.2) is 71.6 Å². The van der Waals surface area contributed by atoms with E-state index in [1.54, 1.807) is 36.4 Å². The Hall–Kier alpha value is -3.89. The smallest absolute Gasteiger partial charge is 0.259 e. The minimum absolute atomic E-state index is 0.155. The van der Waals surface area contributed by atoms with Crippen LogP contribution >= 0.6 is 0 Å². The monoisotopic (exact) mass is 467 g/mol. The standard InChI is InChI=1S/C23H21N3O6S/c1-31-16-10-15(11-17(12-16)32-2)23(28)26-20-9-8-18(33(24,29)30)13-19(20)25-22(27)21(26)14-6-4-3-5-7-14/h3-13,21H,1-2H3,(H,25,27)(H2,24,29,30). The van der Waals surface area contributed by atoms with Crippen LogP contribution in [-0.4, -0.2) is 34.5 Å². The molecule has 0 bridgehead atoms. The largest absolute Gasteiger partial charge is 0.497 e. The molecule has 0 saturated carbocycles. The SMILES string of the molecule is COc1cc(OC)cc(C(=O)N2c3ccc(S(N)(=O)=O)cc3NC(=O)C2c2ccccc2)c1. The number of nitrogens with zero attached hydrogens (tertiary/aromatic N) is 1. The molecule has 0 spiro atoms. The summed E-state index contributed by atoms with van der Waals surface area (Å²) in [5, 5.41) is 7.94. The molecule has 4 rings (SSSR count). The highest BCUT2D eigenvalue weighted by atomic mass is 32.2. The maximum Gasteiger partial charge on any atom is 0.259 e. The molecule has 0 aliphatic carbocycles. The Bertz CT molecular complexity index is 1320. The minimum atomic E-state index is -4.02. The van der Waals surface area contributed by atoms with E-state index in [4.69, 9.17) is 14.6 Å². The predicted octanol–water partition coefficient (Wildman–Crippen LogP) is 2.69. The van der Waals surface area contributed by atoms with Gasteiger partial charge in [0, 0.05) is 11.6 Å². The van der Waals surface area contributed by atoms with Gasteiger partial charge in [-0.05, 0) is 35.9 Å². The number of nitrogens with one attached hydrogen (secondary N) is 1. The molecule has 0 aromatic heterocycles. The van der Waals surface area contributed by atoms with Gasteiger partial charge in [0.05, 0.1) is 30.5 Å². The Balaban J connectivity index is 1.91. The zero-order valence-corrected chi connectivity index (χ0v) is 18.6. The van der Waals surface area contributed by atoms with Crippen molar-refractivity contribution in [2.24, 2.45) is 5.14 Å². The lowest BCUT2D eigenvalue weighted by Crippen LogP contribution is -2.45. The summed E-state index contributed by atoms with van der Waals surface area (Å²) in [6.45, 7) is 0. The van der Waals surface area contributed by atoms with E-state index < -0.39 is 27.9 Å². The normalized spacial score (nSPS) is 15.4. The predicted molar refractivity (Wildman–Crippen MR) is 122 cm³/mol. The molecule has 1 aliphatic rings. The van der Waals surface area contributed by atoms with E-state index in [1.807, 2.05) is 0 Å². The summed E-state index contributed by atoms with van der Waals surface area (Å²) in [6.07, 6.45) is 0. The number of fused-ring (bicyclic) bond motifs is 1. The first kappa shape index (κ1) is 22.3. The number of amides is 2. The number of hydrogen-bond donors (Lipinski definition) is 2. The zero-order valence-electron chi connectivity index (χ0n) is 17.8. The molecule has 0 radical (unpaired) electrons. The lowest BCUT2D eigenvalue weighted by atomic mass is 9.98. The molecule has 0 saturated heterocycles. The lowest BCUT2D eigenvalue weighted by molar-refractivity contribution is -0.117. The molecule has 1 aliphatic heterocycles. The molecule has 2 amide bonds. The highest BCUT2D eigenvalue weighted by Gasteiger charge is 2.39. The van der Waals surface area contributed by atoms with Crippen LogP contribution in [-0.2, 0) is 14.8 Å². The van der Waals surface area contributed by atoms with E-state index in [2.05, 4.69) is 5.32 Å². The molecule has 9 nitrogen and oxygen atoms in total. The van der Waals surface area contributed by atoms with Gasteiger partial charge in [-0.15, -0.1) is 0 Å². The fourth-order valence-corrected chi connectivity index (χ4v) is 4.23. The topological polar surface area (TPSA) is 128 Å². The summed E-state index contributed by atoms with van der Waals surface area (Å²) in [7, 11) is -1.08. The zero-order chi connectivity index (χ0) is 23.8. The van der Waals surface area contributed by atoms with Crippen LogP contribution in [0.1, 0.15) is 22.0 Å². The van der Waals surface area contributed by atoms with Gasteiger partial charge in [-0.2, -0.15) is 0 Å². The van der Waals surface area contributed by atoms with Crippen molar-refractivity contribution in [2.75, 3.05) is 24.4 Å². The average molecular weight is 468 g/mol. The maximum absolute atomic E-state index is 13.8. The van der Waals surface area contributed by atoms with Crippen molar-refractivity contribution < 1.29 is 27.5 Å².